The summed E-state index contributed by atoms with van der Waals surface area (Å²) in [5, 5.41) is 12.9. The van der Waals surface area contributed by atoms with Crippen LogP contribution in [0, 0.1) is 11.3 Å². The van der Waals surface area contributed by atoms with Gasteiger partial charge in [0.25, 0.3) is 5.91 Å². The van der Waals surface area contributed by atoms with Crippen LogP contribution >= 0.6 is 11.3 Å². The second-order valence-electron chi connectivity index (χ2n) is 8.06. The summed E-state index contributed by atoms with van der Waals surface area (Å²) in [6.45, 7) is 4.15. The van der Waals surface area contributed by atoms with Gasteiger partial charge in [-0.15, -0.1) is 16.4 Å². The van der Waals surface area contributed by atoms with E-state index < -0.39 is 0 Å². The standard InChI is InChI=1S/C18H25N7O2S/c1-22(2)10-18-11-23(16(26)5-6-25-13-19-20-21-25)8-14(18)9-24(12-18)17(27)15-4-3-7-28-15/h3-4,7,13-14H,5-6,8-12H2,1-2H3. The summed E-state index contributed by atoms with van der Waals surface area (Å²) in [6.07, 6.45) is 1.90. The highest BCUT2D eigenvalue weighted by Gasteiger charge is 2.54. The monoisotopic (exact) mass is 403 g/mol. The number of hydrogen-bond acceptors (Lipinski definition) is 7. The molecule has 10 heteroatoms. The van der Waals surface area contributed by atoms with Crippen LogP contribution in [0.1, 0.15) is 16.1 Å². The molecule has 2 fully saturated rings. The molecule has 0 bridgehead atoms. The average Bonchev–Trinajstić information content (AvgIpc) is 3.40. The first kappa shape index (κ1) is 19.0. The maximum absolute atomic E-state index is 12.8. The van der Waals surface area contributed by atoms with E-state index in [1.165, 1.54) is 17.7 Å². The van der Waals surface area contributed by atoms with Gasteiger partial charge >= 0.3 is 0 Å². The minimum Gasteiger partial charge on any atom is -0.342 e. The third-order valence-corrected chi connectivity index (χ3v) is 6.57. The zero-order valence-corrected chi connectivity index (χ0v) is 17.0. The Bertz CT molecular complexity index is 823. The van der Waals surface area contributed by atoms with Gasteiger partial charge in [-0.2, -0.15) is 0 Å². The molecule has 9 nitrogen and oxygen atoms in total. The minimum absolute atomic E-state index is 0.0686. The maximum Gasteiger partial charge on any atom is 0.263 e. The molecule has 0 saturated carbocycles. The molecule has 2 aromatic heterocycles. The molecule has 2 unspecified atom stereocenters. The number of amides is 2. The molecule has 2 atom stereocenters. The van der Waals surface area contributed by atoms with E-state index in [1.54, 1.807) is 4.68 Å². The fourth-order valence-electron chi connectivity index (χ4n) is 4.59. The van der Waals surface area contributed by atoms with Gasteiger partial charge in [0.1, 0.15) is 6.33 Å². The first-order chi connectivity index (χ1) is 13.5. The Morgan fingerprint density at radius 2 is 2.07 bits per heavy atom. The molecule has 4 heterocycles. The van der Waals surface area contributed by atoms with Crippen LogP contribution in [0.15, 0.2) is 23.8 Å². The molecule has 2 aromatic rings. The summed E-state index contributed by atoms with van der Waals surface area (Å²) < 4.78 is 1.58. The number of nitrogens with zero attached hydrogens (tertiary/aromatic N) is 7. The van der Waals surface area contributed by atoms with Crippen molar-refractivity contribution in [3.63, 3.8) is 0 Å². The van der Waals surface area contributed by atoms with Crippen LogP contribution in [0.4, 0.5) is 0 Å². The van der Waals surface area contributed by atoms with Crippen LogP contribution in [0.2, 0.25) is 0 Å². The number of hydrogen-bond donors (Lipinski definition) is 0. The van der Waals surface area contributed by atoms with E-state index in [0.29, 0.717) is 45.1 Å². The predicted octanol–water partition coefficient (Wildman–Crippen LogP) is 0.287. The lowest BCUT2D eigenvalue weighted by molar-refractivity contribution is -0.131. The van der Waals surface area contributed by atoms with Crippen molar-refractivity contribution in [1.29, 1.82) is 0 Å². The summed E-state index contributed by atoms with van der Waals surface area (Å²) in [4.78, 5) is 32.5. The Labute approximate surface area is 167 Å². The van der Waals surface area contributed by atoms with Crippen LogP contribution in [0.3, 0.4) is 0 Å². The molecule has 2 saturated heterocycles. The Morgan fingerprint density at radius 1 is 1.29 bits per heavy atom. The predicted molar refractivity (Wildman–Crippen MR) is 104 cm³/mol. The number of likely N-dealkylation sites (tertiary alicyclic amines) is 2. The second-order valence-corrected chi connectivity index (χ2v) is 9.00. The first-order valence-corrected chi connectivity index (χ1v) is 10.3. The fourth-order valence-corrected chi connectivity index (χ4v) is 5.28. The van der Waals surface area contributed by atoms with Crippen molar-refractivity contribution in [2.45, 2.75) is 13.0 Å². The second kappa shape index (κ2) is 7.59. The Hall–Kier alpha value is -2.33. The number of carbonyl (C=O) groups excluding carboxylic acids is 2. The maximum atomic E-state index is 12.8. The minimum atomic E-state index is -0.0686. The highest BCUT2D eigenvalue weighted by atomic mass is 32.1. The first-order valence-electron chi connectivity index (χ1n) is 9.43. The van der Waals surface area contributed by atoms with Crippen LogP contribution in [0.5, 0.6) is 0 Å². The zero-order valence-electron chi connectivity index (χ0n) is 16.2. The van der Waals surface area contributed by atoms with Gasteiger partial charge in [-0.3, -0.25) is 9.59 Å². The molecule has 0 aromatic carbocycles. The van der Waals surface area contributed by atoms with Gasteiger partial charge in [-0.05, 0) is 36.0 Å². The van der Waals surface area contributed by atoms with Crippen molar-refractivity contribution in [3.8, 4) is 0 Å². The quantitative estimate of drug-likeness (QED) is 0.689. The van der Waals surface area contributed by atoms with Gasteiger partial charge in [0.05, 0.1) is 11.4 Å². The van der Waals surface area contributed by atoms with Crippen molar-refractivity contribution < 1.29 is 9.59 Å². The van der Waals surface area contributed by atoms with Crippen LogP contribution in [-0.2, 0) is 11.3 Å². The van der Waals surface area contributed by atoms with Gasteiger partial charge in [0, 0.05) is 50.5 Å². The number of aryl methyl sites for hydroxylation is 1. The molecule has 28 heavy (non-hydrogen) atoms. The number of thiophene rings is 1. The summed E-state index contributed by atoms with van der Waals surface area (Å²) in [7, 11) is 4.11. The smallest absolute Gasteiger partial charge is 0.263 e. The van der Waals surface area contributed by atoms with Crippen molar-refractivity contribution in [2.75, 3.05) is 46.8 Å². The molecule has 0 N–H and O–H groups in total. The van der Waals surface area contributed by atoms with Crippen LogP contribution in [-0.4, -0.2) is 93.5 Å². The van der Waals surface area contributed by atoms with Gasteiger partial charge in [-0.25, -0.2) is 4.68 Å². The SMILES string of the molecule is CN(C)CC12CN(C(=O)CCn3cnnn3)CC1CN(C(=O)c1cccs1)C2. The zero-order chi connectivity index (χ0) is 19.7. The molecular formula is C18H25N7O2S. The summed E-state index contributed by atoms with van der Waals surface area (Å²) in [6, 6.07) is 3.80. The third kappa shape index (κ3) is 3.66. The average molecular weight is 404 g/mol. The molecule has 150 valence electrons. The highest BCUT2D eigenvalue weighted by Crippen LogP contribution is 2.43. The topological polar surface area (TPSA) is 87.5 Å². The van der Waals surface area contributed by atoms with Crippen LogP contribution in [0.25, 0.3) is 0 Å². The van der Waals surface area contributed by atoms with Crippen molar-refractivity contribution >= 4 is 23.2 Å². The van der Waals surface area contributed by atoms with E-state index in [4.69, 9.17) is 0 Å². The van der Waals surface area contributed by atoms with E-state index in [9.17, 15) is 9.59 Å². The van der Waals surface area contributed by atoms with Crippen molar-refractivity contribution in [2.24, 2.45) is 11.3 Å². The van der Waals surface area contributed by atoms with Gasteiger partial charge in [0.15, 0.2) is 0 Å². The number of aromatic nitrogens is 4. The normalized spacial score (nSPS) is 24.2. The summed E-state index contributed by atoms with van der Waals surface area (Å²) >= 11 is 1.48. The lowest BCUT2D eigenvalue weighted by Crippen LogP contribution is -2.43. The Morgan fingerprint density at radius 3 is 2.75 bits per heavy atom. The number of rotatable bonds is 6. The number of tetrazole rings is 1. The molecular weight excluding hydrogens is 378 g/mol. The number of carbonyl (C=O) groups is 2. The Balaban J connectivity index is 1.43. The van der Waals surface area contributed by atoms with E-state index in [2.05, 4.69) is 34.5 Å². The lowest BCUT2D eigenvalue weighted by Gasteiger charge is -2.32. The van der Waals surface area contributed by atoms with Crippen molar-refractivity contribution in [3.05, 3.63) is 28.7 Å². The number of fused-ring (bicyclic) bond motifs is 1. The molecule has 0 radical (unpaired) electrons. The van der Waals surface area contributed by atoms with E-state index >= 15 is 0 Å². The van der Waals surface area contributed by atoms with E-state index in [-0.39, 0.29) is 17.2 Å². The van der Waals surface area contributed by atoms with Gasteiger partial charge < -0.3 is 14.7 Å². The molecule has 2 aliphatic rings. The third-order valence-electron chi connectivity index (χ3n) is 5.71. The molecule has 0 aliphatic carbocycles. The van der Waals surface area contributed by atoms with Crippen molar-refractivity contribution in [1.82, 2.24) is 34.9 Å². The lowest BCUT2D eigenvalue weighted by atomic mass is 9.80. The largest absolute Gasteiger partial charge is 0.342 e. The van der Waals surface area contributed by atoms with Gasteiger partial charge in [-0.1, -0.05) is 6.07 Å². The molecule has 2 aliphatic heterocycles. The van der Waals surface area contributed by atoms with Crippen LogP contribution < -0.4 is 0 Å². The molecule has 0 spiro atoms. The summed E-state index contributed by atoms with van der Waals surface area (Å²) in [5.41, 5.74) is -0.0686. The fraction of sp³-hybridized carbons (Fsp3) is 0.611. The van der Waals surface area contributed by atoms with Gasteiger partial charge in [0.2, 0.25) is 5.91 Å². The van der Waals surface area contributed by atoms with E-state index in [0.717, 1.165) is 11.4 Å². The van der Waals surface area contributed by atoms with E-state index in [1.807, 2.05) is 27.3 Å². The summed E-state index contributed by atoms with van der Waals surface area (Å²) in [5.74, 6) is 0.536. The molecule has 2 amide bonds. The highest BCUT2D eigenvalue weighted by molar-refractivity contribution is 7.12. The molecule has 4 rings (SSSR count). The Kier molecular flexibility index (Phi) is 5.15.